The Morgan fingerprint density at radius 3 is 1.61 bits per heavy atom. The van der Waals surface area contributed by atoms with Gasteiger partial charge in [-0.15, -0.1) is 0 Å². The lowest BCUT2D eigenvalue weighted by Gasteiger charge is -2.21. The van der Waals surface area contributed by atoms with Gasteiger partial charge in [0.2, 0.25) is 0 Å². The largest absolute Gasteiger partial charge is 0.253 e. The van der Waals surface area contributed by atoms with E-state index >= 15 is 0 Å². The van der Waals surface area contributed by atoms with Crippen LogP contribution >= 0.6 is 0 Å². The Balaban J connectivity index is 1.27. The van der Waals surface area contributed by atoms with Gasteiger partial charge in [-0.05, 0) is 150 Å². The zero-order valence-corrected chi connectivity index (χ0v) is 33.3. The van der Waals surface area contributed by atoms with Crippen molar-refractivity contribution in [2.24, 2.45) is 4.99 Å². The molecule has 0 N–H and O–H groups in total. The molecule has 0 saturated carbocycles. The topological polar surface area (TPSA) is 36.1 Å². The summed E-state index contributed by atoms with van der Waals surface area (Å²) in [6.45, 7) is 6.28. The number of aliphatic imine (C=N–C) groups is 1. The Morgan fingerprint density at radius 1 is 0.424 bits per heavy atom. The van der Waals surface area contributed by atoms with Crippen LogP contribution in [0.15, 0.2) is 193 Å². The highest BCUT2D eigenvalue weighted by atomic mass is 14.7. The molecule has 0 heterocycles. The van der Waals surface area contributed by atoms with Crippen molar-refractivity contribution in [3.63, 3.8) is 0 Å². The standard InChI is InChI=1S/C57H40N2/c1-36-14-4-11-25-55(36)59-38(3)45-30-27-42(33-53(45)44-29-26-39(35-58)32-37(44)2)43-28-31-52-54(34-43)57(49-24-13-18-41-16-6-8-20-47(41)49)51-22-10-9-21-50(51)56(52)48-23-12-17-40-15-5-7-19-46(40)48/h4-34H,1-3H3/b59-38+. The van der Waals surface area contributed by atoms with Crippen molar-refractivity contribution in [2.45, 2.75) is 20.8 Å². The lowest BCUT2D eigenvalue weighted by molar-refractivity contribution is 1.38. The number of hydrogen-bond donors (Lipinski definition) is 0. The second kappa shape index (κ2) is 14.7. The van der Waals surface area contributed by atoms with Gasteiger partial charge in [0, 0.05) is 11.3 Å². The van der Waals surface area contributed by atoms with Crippen LogP contribution in [-0.4, -0.2) is 5.71 Å². The highest BCUT2D eigenvalue weighted by Crippen LogP contribution is 2.48. The molecule has 2 nitrogen and oxygen atoms in total. The number of nitriles is 1. The summed E-state index contributed by atoms with van der Waals surface area (Å²) in [6, 6.07) is 70.1. The van der Waals surface area contributed by atoms with E-state index in [-0.39, 0.29) is 0 Å². The molecular formula is C57H40N2. The fourth-order valence-electron chi connectivity index (χ4n) is 9.05. The normalized spacial score (nSPS) is 11.7. The lowest BCUT2D eigenvalue weighted by atomic mass is 9.82. The molecule has 0 amide bonds. The minimum Gasteiger partial charge on any atom is -0.253 e. The van der Waals surface area contributed by atoms with E-state index in [0.29, 0.717) is 5.56 Å². The Bertz CT molecular complexity index is 3370. The molecule has 10 rings (SSSR count). The zero-order valence-electron chi connectivity index (χ0n) is 33.3. The first-order chi connectivity index (χ1) is 29.0. The van der Waals surface area contributed by atoms with Gasteiger partial charge >= 0.3 is 0 Å². The molecule has 0 spiro atoms. The van der Waals surface area contributed by atoms with E-state index in [0.717, 1.165) is 50.3 Å². The summed E-state index contributed by atoms with van der Waals surface area (Å²) in [7, 11) is 0. The summed E-state index contributed by atoms with van der Waals surface area (Å²) >= 11 is 0. The van der Waals surface area contributed by atoms with Gasteiger partial charge in [-0.2, -0.15) is 5.26 Å². The maximum atomic E-state index is 9.74. The smallest absolute Gasteiger partial charge is 0.0991 e. The quantitative estimate of drug-likeness (QED) is 0.123. The van der Waals surface area contributed by atoms with Crippen LogP contribution in [-0.2, 0) is 0 Å². The van der Waals surface area contributed by atoms with Crippen molar-refractivity contribution in [1.29, 1.82) is 5.26 Å². The van der Waals surface area contributed by atoms with Gasteiger partial charge in [0.05, 0.1) is 17.3 Å². The number of benzene rings is 10. The van der Waals surface area contributed by atoms with Crippen molar-refractivity contribution in [3.8, 4) is 50.6 Å². The molecule has 10 aromatic carbocycles. The van der Waals surface area contributed by atoms with Crippen molar-refractivity contribution in [2.75, 3.05) is 0 Å². The van der Waals surface area contributed by atoms with Crippen LogP contribution in [0.25, 0.3) is 87.6 Å². The molecule has 0 saturated heterocycles. The molecule has 0 aliphatic heterocycles. The van der Waals surface area contributed by atoms with Gasteiger partial charge in [-0.1, -0.05) is 158 Å². The predicted molar refractivity (Wildman–Crippen MR) is 251 cm³/mol. The average molecular weight is 753 g/mol. The number of hydrogen-bond acceptors (Lipinski definition) is 2. The molecule has 0 aromatic heterocycles. The maximum Gasteiger partial charge on any atom is 0.0991 e. The fourth-order valence-corrected chi connectivity index (χ4v) is 9.05. The number of fused-ring (bicyclic) bond motifs is 4. The van der Waals surface area contributed by atoms with Crippen molar-refractivity contribution in [1.82, 2.24) is 0 Å². The third-order valence-corrected chi connectivity index (χ3v) is 11.9. The Morgan fingerprint density at radius 2 is 0.966 bits per heavy atom. The molecule has 0 unspecified atom stereocenters. The summed E-state index contributed by atoms with van der Waals surface area (Å²) in [4.78, 5) is 5.15. The minimum atomic E-state index is 0.652. The molecule has 2 heteroatoms. The summed E-state index contributed by atoms with van der Waals surface area (Å²) in [6.07, 6.45) is 0. The van der Waals surface area contributed by atoms with Crippen LogP contribution in [0.1, 0.15) is 29.2 Å². The van der Waals surface area contributed by atoms with E-state index in [1.54, 1.807) is 0 Å². The third kappa shape index (κ3) is 6.25. The van der Waals surface area contributed by atoms with E-state index in [1.807, 2.05) is 24.3 Å². The lowest BCUT2D eigenvalue weighted by Crippen LogP contribution is -2.00. The summed E-state index contributed by atoms with van der Waals surface area (Å²) in [5, 5.41) is 19.5. The van der Waals surface area contributed by atoms with Crippen LogP contribution in [0.2, 0.25) is 0 Å². The van der Waals surface area contributed by atoms with Gasteiger partial charge in [-0.3, -0.25) is 4.99 Å². The molecule has 0 aliphatic rings. The first-order valence-corrected chi connectivity index (χ1v) is 20.2. The van der Waals surface area contributed by atoms with Crippen LogP contribution in [0.3, 0.4) is 0 Å². The first-order valence-electron chi connectivity index (χ1n) is 20.2. The van der Waals surface area contributed by atoms with Gasteiger partial charge < -0.3 is 0 Å². The molecule has 10 aromatic rings. The number of para-hydroxylation sites is 1. The highest BCUT2D eigenvalue weighted by molar-refractivity contribution is 6.25. The van der Waals surface area contributed by atoms with E-state index in [2.05, 4.69) is 191 Å². The molecular weight excluding hydrogens is 713 g/mol. The van der Waals surface area contributed by atoms with Crippen LogP contribution < -0.4 is 0 Å². The molecule has 0 fully saturated rings. The number of nitrogens with zero attached hydrogens (tertiary/aromatic N) is 2. The Hall–Kier alpha value is -7.60. The van der Waals surface area contributed by atoms with E-state index < -0.39 is 0 Å². The molecule has 0 aliphatic carbocycles. The van der Waals surface area contributed by atoms with Gasteiger partial charge in [0.25, 0.3) is 0 Å². The summed E-state index contributed by atoms with van der Waals surface area (Å²) < 4.78 is 0. The van der Waals surface area contributed by atoms with Gasteiger partial charge in [0.15, 0.2) is 0 Å². The number of rotatable bonds is 6. The van der Waals surface area contributed by atoms with Gasteiger partial charge in [0.1, 0.15) is 0 Å². The SMILES string of the molecule is C/C(=N\c1ccccc1C)c1ccc(-c2ccc3c(-c4cccc5ccccc45)c4ccccc4c(-c4cccc5ccccc45)c3c2)cc1-c1ccc(C#N)cc1C. The zero-order chi connectivity index (χ0) is 40.0. The van der Waals surface area contributed by atoms with E-state index in [1.165, 1.54) is 65.3 Å². The monoisotopic (exact) mass is 752 g/mol. The highest BCUT2D eigenvalue weighted by Gasteiger charge is 2.21. The predicted octanol–water partition coefficient (Wildman–Crippen LogP) is 15.6. The van der Waals surface area contributed by atoms with Crippen LogP contribution in [0.4, 0.5) is 5.69 Å². The van der Waals surface area contributed by atoms with E-state index in [4.69, 9.17) is 4.99 Å². The molecule has 0 atom stereocenters. The fraction of sp³-hybridized carbons (Fsp3) is 0.0526. The maximum absolute atomic E-state index is 9.74. The average Bonchev–Trinajstić information content (AvgIpc) is 3.28. The Labute approximate surface area is 345 Å². The van der Waals surface area contributed by atoms with Crippen molar-refractivity contribution in [3.05, 3.63) is 210 Å². The van der Waals surface area contributed by atoms with E-state index in [9.17, 15) is 5.26 Å². The second-order valence-corrected chi connectivity index (χ2v) is 15.5. The number of aryl methyl sites for hydroxylation is 2. The third-order valence-electron chi connectivity index (χ3n) is 11.9. The molecule has 0 bridgehead atoms. The Kier molecular flexibility index (Phi) is 8.93. The van der Waals surface area contributed by atoms with Crippen LogP contribution in [0, 0.1) is 25.2 Å². The molecule has 278 valence electrons. The minimum absolute atomic E-state index is 0.652. The molecule has 0 radical (unpaired) electrons. The first kappa shape index (κ1) is 35.8. The molecule has 59 heavy (non-hydrogen) atoms. The second-order valence-electron chi connectivity index (χ2n) is 15.5. The van der Waals surface area contributed by atoms with Crippen molar-refractivity contribution < 1.29 is 0 Å². The van der Waals surface area contributed by atoms with Crippen molar-refractivity contribution >= 4 is 54.5 Å². The van der Waals surface area contributed by atoms with Crippen LogP contribution in [0.5, 0.6) is 0 Å². The summed E-state index contributed by atoms with van der Waals surface area (Å²) in [5.41, 5.74) is 15.1. The summed E-state index contributed by atoms with van der Waals surface area (Å²) in [5.74, 6) is 0. The van der Waals surface area contributed by atoms with Gasteiger partial charge in [-0.25, -0.2) is 0 Å².